The smallest absolute Gasteiger partial charge is 0.340 e. The zero-order valence-electron chi connectivity index (χ0n) is 76.3. The number of rotatable bonds is 51. The number of aromatic hydroxyl groups is 2. The van der Waals surface area contributed by atoms with Crippen molar-refractivity contribution in [3.05, 3.63) is 119 Å². The SMILES string of the molecule is CC[C@H](C)[C@H](NC(=O)[C@H](CCC(=O)O)NC(=O)N(C)NC(=O)[C@H](Cc1c[nH]cn1)NC(=O)[C@H](C)NC(=O)[C@H](C)NC(=O)[C@H](Cc1c[nH]cn1)NC(=O)[C@@H](NC(=O)[C@H](C)NC(=O)[C@H](CCC(N)=O)NC(=O)c1ccc2c(c1)C1(OC2=O)c2ccc(O)cc2Oc2cc(O)ccc21)C(C)C)C(=O)N[C@@H](CC(N)=O)C(=O)N[C@@H](CCC(=O)O)C(=O)N[C@@H](C)C(=O)NCC(=O)N[C@@H](CCCNC(=N)N)C(=O)O. The van der Waals surface area contributed by atoms with E-state index in [0.717, 1.165) is 14.0 Å². The maximum Gasteiger partial charge on any atom is 0.340 e. The molecule has 3 aromatic carbocycles. The van der Waals surface area contributed by atoms with Crippen LogP contribution in [0, 0.1) is 17.2 Å². The number of nitrogens with two attached hydrogens (primary N) is 3. The van der Waals surface area contributed by atoms with E-state index in [9.17, 15) is 126 Å². The molecule has 5 aromatic rings. The molecule has 14 atom stereocenters. The quantitative estimate of drug-likeness (QED) is 0.00567. The fourth-order valence-electron chi connectivity index (χ4n) is 14.1. The van der Waals surface area contributed by atoms with Crippen LogP contribution >= 0.6 is 0 Å². The van der Waals surface area contributed by atoms with Gasteiger partial charge in [0.05, 0.1) is 42.6 Å². The molecule has 0 saturated carbocycles. The van der Waals surface area contributed by atoms with Gasteiger partial charge in [-0.1, -0.05) is 34.1 Å². The standard InChI is InChI=1S/C85H113N25O28/c1-10-38(4)67(80(132)105-58(31-62(87)114)77(129)102-53(20-23-64(116)117)74(126)97-39(5)68(120)93-34-63(115)100-55(81(133)134)12-11-25-92-83(88)89)108-75(127)54(21-24-65(118)119)106-84(136)110(9)109-78(130)57(28-45-33-91-36-95-45)103-70(122)41(7)96-69(121)40(6)99-76(128)56(27-44-32-90-35-94-44)104-79(131)66(37(2)3)107-71(123)42(8)98-73(125)52(19-22-61(86)113)101-72(124)43-13-16-48-51(26-43)85(138-82(48)135)49-17-14-46(111)29-59(49)137-60-30-47(112)15-18-50(60)85/h13-18,26,29-30,32-33,35-42,52-58,66-67,111-112H,10-12,19-25,27-28,31,34H2,1-9H3,(H2,86,113)(H2,87,114)(H,90,94)(H,91,95)(H,93,120)(H,96,121)(H,97,126)(H,98,125)(H,99,128)(H,100,115)(H,101,124)(H,102,129)(H,103,122)(H,104,131)(H,105,132)(H,106,136)(H,107,123)(H,108,127)(H,109,130)(H,116,117)(H,118,119)(H,133,134)(H4,88,89,92)/t38-,39-,40-,41-,42-,52-,53-,54-,55-,56-,57-,58-,66-,67-/m0/s1. The highest BCUT2D eigenvalue weighted by Crippen LogP contribution is 2.57. The number of aromatic amines is 2. The number of ether oxygens (including phenoxy) is 2. The van der Waals surface area contributed by atoms with Gasteiger partial charge in [-0.05, 0) is 114 Å². The lowest BCUT2D eigenvalue weighted by Crippen LogP contribution is -2.62. The molecule has 53 nitrogen and oxygen atoms in total. The van der Waals surface area contributed by atoms with Crippen LogP contribution in [0.4, 0.5) is 4.79 Å². The van der Waals surface area contributed by atoms with Crippen LogP contribution in [0.1, 0.15) is 168 Å². The first-order chi connectivity index (χ1) is 65.0. The molecule has 0 saturated heterocycles. The second-order valence-electron chi connectivity index (χ2n) is 32.9. The van der Waals surface area contributed by atoms with Gasteiger partial charge in [0.25, 0.3) is 11.8 Å². The molecule has 53 heteroatoms. The van der Waals surface area contributed by atoms with Gasteiger partial charge in [-0.25, -0.2) is 29.4 Å². The van der Waals surface area contributed by atoms with Crippen molar-refractivity contribution in [1.82, 2.24) is 110 Å². The van der Waals surface area contributed by atoms with Crippen LogP contribution < -0.4 is 107 Å². The first-order valence-corrected chi connectivity index (χ1v) is 43.3. The molecule has 4 heterocycles. The van der Waals surface area contributed by atoms with Gasteiger partial charge in [0.2, 0.25) is 82.7 Å². The molecule has 0 fully saturated rings. The van der Waals surface area contributed by atoms with E-state index in [-0.39, 0.29) is 100 Å². The number of esters is 1. The number of carbonyl (C=O) groups excluding carboxylic acids is 18. The lowest BCUT2D eigenvalue weighted by atomic mass is 9.77. The van der Waals surface area contributed by atoms with Gasteiger partial charge in [-0.2, -0.15) is 0 Å². The van der Waals surface area contributed by atoms with Gasteiger partial charge in [0, 0.05) is 92.5 Å². The predicted octanol–water partition coefficient (Wildman–Crippen LogP) is -5.81. The summed E-state index contributed by atoms with van der Waals surface area (Å²) in [6.45, 7) is 10.2. The van der Waals surface area contributed by atoms with Gasteiger partial charge in [0.15, 0.2) is 11.6 Å². The van der Waals surface area contributed by atoms with Crippen molar-refractivity contribution < 1.29 is 136 Å². The van der Waals surface area contributed by atoms with Crippen molar-refractivity contribution in [3.8, 4) is 23.0 Å². The van der Waals surface area contributed by atoms with Gasteiger partial charge in [-0.3, -0.25) is 97.1 Å². The van der Waals surface area contributed by atoms with Crippen LogP contribution in [0.25, 0.3) is 0 Å². The number of nitrogens with zero attached hydrogens (tertiary/aromatic N) is 3. The Kier molecular flexibility index (Phi) is 39.3. The number of fused-ring (bicyclic) bond motifs is 6. The number of benzene rings is 3. The van der Waals surface area contributed by atoms with Gasteiger partial charge >= 0.3 is 29.9 Å². The molecule has 2 aromatic heterocycles. The van der Waals surface area contributed by atoms with Crippen LogP contribution in [0.15, 0.2) is 79.6 Å². The summed E-state index contributed by atoms with van der Waals surface area (Å²) < 4.78 is 12.1. The molecule has 18 amide bonds. The zero-order valence-corrected chi connectivity index (χ0v) is 76.3. The Labute approximate surface area is 786 Å². The van der Waals surface area contributed by atoms with Gasteiger partial charge < -0.3 is 142 Å². The predicted molar refractivity (Wildman–Crippen MR) is 476 cm³/mol. The second kappa shape index (κ2) is 50.0. The average Bonchev–Trinajstić information content (AvgIpc) is 1.54. The number of phenols is 2. The van der Waals surface area contributed by atoms with Gasteiger partial charge in [-0.15, -0.1) is 0 Å². The number of nitrogens with one attached hydrogen (secondary N) is 19. The number of phenolic OH excluding ortho intramolecular Hbond substituents is 2. The minimum absolute atomic E-state index is 0.0276. The molecule has 2 aliphatic heterocycles. The van der Waals surface area contributed by atoms with Crippen molar-refractivity contribution >= 4 is 130 Å². The first-order valence-electron chi connectivity index (χ1n) is 43.3. The number of aromatic nitrogens is 4. The lowest BCUT2D eigenvalue weighted by Gasteiger charge is -2.36. The topological polar surface area (TPSA) is 833 Å². The number of H-pyrrole nitrogens is 2. The Bertz CT molecular complexity index is 5350. The third-order valence-electron chi connectivity index (χ3n) is 21.8. The van der Waals surface area contributed by atoms with E-state index in [1.54, 1.807) is 6.92 Å². The zero-order chi connectivity index (χ0) is 102. The third kappa shape index (κ3) is 31.0. The summed E-state index contributed by atoms with van der Waals surface area (Å²) in [6, 6.07) is -10.4. The Morgan fingerprint density at radius 1 is 0.478 bits per heavy atom. The molecule has 2 aliphatic rings. The Balaban J connectivity index is 0.955. The lowest BCUT2D eigenvalue weighted by molar-refractivity contribution is -0.142. The van der Waals surface area contributed by atoms with Crippen molar-refractivity contribution in [2.75, 3.05) is 20.1 Å². The fraction of sp³-hybridized carbons (Fsp3) is 0.459. The molecule has 1 spiro atoms. The summed E-state index contributed by atoms with van der Waals surface area (Å²) in [6.07, 6.45) is -0.199. The Morgan fingerprint density at radius 3 is 1.44 bits per heavy atom. The number of carboxylic acid groups (broad SMARTS) is 3. The van der Waals surface area contributed by atoms with Crippen LogP contribution in [-0.4, -0.2) is 280 Å². The number of amides is 18. The van der Waals surface area contributed by atoms with E-state index >= 15 is 0 Å². The fourth-order valence-corrected chi connectivity index (χ4v) is 14.1. The maximum absolute atomic E-state index is 14.4. The number of primary amides is 2. The average molecular weight is 1930 g/mol. The number of aliphatic carboxylic acids is 3. The van der Waals surface area contributed by atoms with Crippen LogP contribution in [0.5, 0.6) is 23.0 Å². The number of hydrogen-bond donors (Lipinski definition) is 27. The molecule has 0 aliphatic carbocycles. The van der Waals surface area contributed by atoms with Crippen molar-refractivity contribution in [3.63, 3.8) is 0 Å². The number of carboxylic acids is 3. The van der Waals surface area contributed by atoms with E-state index in [1.807, 2.05) is 0 Å². The maximum atomic E-state index is 14.4. The number of carbonyl (C=O) groups is 21. The second-order valence-corrected chi connectivity index (χ2v) is 32.9. The molecule has 7 rings (SSSR count). The number of guanidine groups is 1. The van der Waals surface area contributed by atoms with E-state index in [1.165, 1.54) is 121 Å². The first kappa shape index (κ1) is 108. The molecular formula is C85H113N25O28. The Hall–Kier alpha value is -16.6. The molecule has 0 bridgehead atoms. The molecule has 0 radical (unpaired) electrons. The highest BCUT2D eigenvalue weighted by molar-refractivity contribution is 6.04. The van der Waals surface area contributed by atoms with Crippen LogP contribution in [-0.2, 0) is 109 Å². The van der Waals surface area contributed by atoms with E-state index in [4.69, 9.17) is 32.1 Å². The van der Waals surface area contributed by atoms with E-state index in [0.29, 0.717) is 5.01 Å². The highest BCUT2D eigenvalue weighted by Gasteiger charge is 2.54. The molecule has 30 N–H and O–H groups in total. The summed E-state index contributed by atoms with van der Waals surface area (Å²) in [5.41, 5.74) is 17.5. The summed E-state index contributed by atoms with van der Waals surface area (Å²) in [7, 11) is 0.969. The van der Waals surface area contributed by atoms with Crippen molar-refractivity contribution in [1.29, 1.82) is 5.41 Å². The third-order valence-corrected chi connectivity index (χ3v) is 21.8. The molecular weight excluding hydrogens is 1820 g/mol. The number of hydrogen-bond acceptors (Lipinski definition) is 28. The number of urea groups is 1. The van der Waals surface area contributed by atoms with E-state index in [2.05, 4.69) is 105 Å². The van der Waals surface area contributed by atoms with Crippen molar-refractivity contribution in [2.45, 2.75) is 217 Å². The normalized spacial score (nSPS) is 14.9. The number of imidazole rings is 2. The minimum Gasteiger partial charge on any atom is -0.508 e. The largest absolute Gasteiger partial charge is 0.508 e. The number of hydrazine groups is 1. The molecule has 746 valence electrons. The minimum atomic E-state index is -2.00. The highest BCUT2D eigenvalue weighted by atomic mass is 16.6. The van der Waals surface area contributed by atoms with Crippen LogP contribution in [0.2, 0.25) is 0 Å². The summed E-state index contributed by atoms with van der Waals surface area (Å²) in [4.78, 5) is 297. The summed E-state index contributed by atoms with van der Waals surface area (Å²) in [5, 5.41) is 93.0. The Morgan fingerprint density at radius 2 is 0.935 bits per heavy atom. The van der Waals surface area contributed by atoms with Crippen LogP contribution in [0.3, 0.4) is 0 Å². The molecule has 0 unspecified atom stereocenters. The van der Waals surface area contributed by atoms with Crippen molar-refractivity contribution in [2.24, 2.45) is 29.0 Å². The summed E-state index contributed by atoms with van der Waals surface area (Å²) >= 11 is 0. The monoisotopic (exact) mass is 1930 g/mol. The van der Waals surface area contributed by atoms with E-state index < -0.39 is 278 Å². The van der Waals surface area contributed by atoms with Gasteiger partial charge in [0.1, 0.15) is 102 Å². The molecule has 138 heavy (non-hydrogen) atoms. The summed E-state index contributed by atoms with van der Waals surface area (Å²) in [5.74, 6) is -24.6.